The van der Waals surface area contributed by atoms with E-state index in [9.17, 15) is 0 Å². The van der Waals surface area contributed by atoms with Crippen LogP contribution in [0.4, 0.5) is 0 Å². The van der Waals surface area contributed by atoms with E-state index >= 15 is 0 Å². The summed E-state index contributed by atoms with van der Waals surface area (Å²) < 4.78 is 2.21. The summed E-state index contributed by atoms with van der Waals surface area (Å²) in [4.78, 5) is 4.28. The topological polar surface area (TPSA) is 29.9 Å². The van der Waals surface area contributed by atoms with Gasteiger partial charge in [-0.2, -0.15) is 0 Å². The highest BCUT2D eigenvalue weighted by Gasteiger charge is 2.08. The maximum absolute atomic E-state index is 4.28. The number of imidazole rings is 1. The van der Waals surface area contributed by atoms with Crippen molar-refractivity contribution in [3.8, 4) is 11.3 Å². The smallest absolute Gasteiger partial charge is 0.0953 e. The summed E-state index contributed by atoms with van der Waals surface area (Å²) in [5.74, 6) is 0. The van der Waals surface area contributed by atoms with Crippen LogP contribution in [0.25, 0.3) is 11.3 Å². The summed E-state index contributed by atoms with van der Waals surface area (Å²) in [6, 6.07) is 9.23. The molecular formula is C16H23N3. The fourth-order valence-electron chi connectivity index (χ4n) is 2.30. The van der Waals surface area contributed by atoms with Crippen LogP contribution in [0.15, 0.2) is 36.8 Å². The zero-order chi connectivity index (χ0) is 13.7. The fraction of sp³-hybridized carbons (Fsp3) is 0.438. The standard InChI is InChI=1S/C16H23N3/c1-13(2)19-12-18-11-16(19)15-8-4-6-14(10-15)7-5-9-17-3/h4,6,8,10-13,17H,5,7,9H2,1-3H3. The third-order valence-electron chi connectivity index (χ3n) is 3.34. The Balaban J connectivity index is 2.20. The average molecular weight is 257 g/mol. The lowest BCUT2D eigenvalue weighted by atomic mass is 10.0. The molecule has 3 nitrogen and oxygen atoms in total. The molecule has 1 aromatic heterocycles. The van der Waals surface area contributed by atoms with E-state index in [0.717, 1.165) is 13.0 Å². The van der Waals surface area contributed by atoms with Gasteiger partial charge in [-0.15, -0.1) is 0 Å². The van der Waals surface area contributed by atoms with Gasteiger partial charge in [-0.25, -0.2) is 4.98 Å². The molecule has 0 aliphatic carbocycles. The summed E-state index contributed by atoms with van der Waals surface area (Å²) in [5, 5.41) is 3.19. The molecule has 19 heavy (non-hydrogen) atoms. The first-order chi connectivity index (χ1) is 9.22. The monoisotopic (exact) mass is 257 g/mol. The molecule has 0 fully saturated rings. The van der Waals surface area contributed by atoms with E-state index in [-0.39, 0.29) is 0 Å². The SMILES string of the molecule is CNCCCc1cccc(-c2cncn2C(C)C)c1. The second-order valence-corrected chi connectivity index (χ2v) is 5.19. The third-order valence-corrected chi connectivity index (χ3v) is 3.34. The Hall–Kier alpha value is -1.61. The van der Waals surface area contributed by atoms with E-state index in [1.807, 2.05) is 19.6 Å². The number of hydrogen-bond donors (Lipinski definition) is 1. The summed E-state index contributed by atoms with van der Waals surface area (Å²) in [6.45, 7) is 5.43. The molecule has 0 bridgehead atoms. The van der Waals surface area contributed by atoms with Crippen LogP contribution in [0, 0.1) is 0 Å². The van der Waals surface area contributed by atoms with E-state index in [1.165, 1.54) is 23.2 Å². The van der Waals surface area contributed by atoms with Gasteiger partial charge < -0.3 is 9.88 Å². The molecule has 0 unspecified atom stereocenters. The van der Waals surface area contributed by atoms with E-state index in [2.05, 4.69) is 53.0 Å². The third kappa shape index (κ3) is 3.44. The van der Waals surface area contributed by atoms with Crippen LogP contribution in [0.5, 0.6) is 0 Å². The highest BCUT2D eigenvalue weighted by atomic mass is 15.1. The quantitative estimate of drug-likeness (QED) is 0.805. The summed E-state index contributed by atoms with van der Waals surface area (Å²) >= 11 is 0. The lowest BCUT2D eigenvalue weighted by Gasteiger charge is -2.12. The normalized spacial score (nSPS) is 11.2. The van der Waals surface area contributed by atoms with E-state index in [4.69, 9.17) is 0 Å². The van der Waals surface area contributed by atoms with Crippen molar-refractivity contribution in [1.82, 2.24) is 14.9 Å². The molecule has 2 aromatic rings. The van der Waals surface area contributed by atoms with Gasteiger partial charge in [0.1, 0.15) is 0 Å². The van der Waals surface area contributed by atoms with Crippen molar-refractivity contribution in [2.24, 2.45) is 0 Å². The molecule has 102 valence electrons. The highest BCUT2D eigenvalue weighted by molar-refractivity contribution is 5.60. The molecule has 0 aliphatic rings. The Morgan fingerprint density at radius 2 is 2.16 bits per heavy atom. The maximum atomic E-state index is 4.28. The highest BCUT2D eigenvalue weighted by Crippen LogP contribution is 2.23. The summed E-state index contributed by atoms with van der Waals surface area (Å²) in [5.41, 5.74) is 3.85. The lowest BCUT2D eigenvalue weighted by molar-refractivity contribution is 0.605. The van der Waals surface area contributed by atoms with Crippen molar-refractivity contribution in [3.63, 3.8) is 0 Å². The van der Waals surface area contributed by atoms with Gasteiger partial charge in [-0.05, 0) is 51.9 Å². The minimum atomic E-state index is 0.436. The molecule has 1 heterocycles. The Bertz CT molecular complexity index is 514. The molecule has 0 saturated carbocycles. The predicted molar refractivity (Wildman–Crippen MR) is 80.3 cm³/mol. The van der Waals surface area contributed by atoms with Crippen molar-refractivity contribution in [2.45, 2.75) is 32.7 Å². The Kier molecular flexibility index (Phi) is 4.74. The Morgan fingerprint density at radius 3 is 2.89 bits per heavy atom. The molecule has 2 rings (SSSR count). The van der Waals surface area contributed by atoms with Crippen molar-refractivity contribution in [1.29, 1.82) is 0 Å². The van der Waals surface area contributed by atoms with E-state index in [1.54, 1.807) is 0 Å². The molecule has 3 heteroatoms. The minimum absolute atomic E-state index is 0.436. The second-order valence-electron chi connectivity index (χ2n) is 5.19. The first-order valence-corrected chi connectivity index (χ1v) is 6.98. The van der Waals surface area contributed by atoms with Gasteiger partial charge in [-0.3, -0.25) is 0 Å². The maximum Gasteiger partial charge on any atom is 0.0953 e. The van der Waals surface area contributed by atoms with Crippen molar-refractivity contribution in [3.05, 3.63) is 42.4 Å². The van der Waals surface area contributed by atoms with Gasteiger partial charge in [0.25, 0.3) is 0 Å². The largest absolute Gasteiger partial charge is 0.328 e. The number of nitrogens with zero attached hydrogens (tertiary/aromatic N) is 2. The molecule has 0 spiro atoms. The first kappa shape index (κ1) is 13.8. The lowest BCUT2D eigenvalue weighted by Crippen LogP contribution is -2.08. The Morgan fingerprint density at radius 1 is 1.32 bits per heavy atom. The zero-order valence-corrected chi connectivity index (χ0v) is 12.1. The van der Waals surface area contributed by atoms with Crippen LogP contribution in [0.2, 0.25) is 0 Å². The van der Waals surface area contributed by atoms with Gasteiger partial charge in [0.05, 0.1) is 18.2 Å². The van der Waals surface area contributed by atoms with Crippen LogP contribution >= 0.6 is 0 Å². The van der Waals surface area contributed by atoms with Gasteiger partial charge in [0.15, 0.2) is 0 Å². The zero-order valence-electron chi connectivity index (χ0n) is 12.1. The van der Waals surface area contributed by atoms with Crippen LogP contribution in [-0.4, -0.2) is 23.1 Å². The van der Waals surface area contributed by atoms with Crippen LogP contribution in [0.3, 0.4) is 0 Å². The van der Waals surface area contributed by atoms with E-state index in [0.29, 0.717) is 6.04 Å². The van der Waals surface area contributed by atoms with Gasteiger partial charge in [0.2, 0.25) is 0 Å². The number of aromatic nitrogens is 2. The summed E-state index contributed by atoms with van der Waals surface area (Å²) in [6.07, 6.45) is 6.15. The molecule has 0 radical (unpaired) electrons. The molecule has 0 saturated heterocycles. The number of benzene rings is 1. The molecule has 0 atom stereocenters. The van der Waals surface area contributed by atoms with Gasteiger partial charge >= 0.3 is 0 Å². The number of nitrogens with one attached hydrogen (secondary N) is 1. The molecule has 0 aliphatic heterocycles. The molecule has 0 amide bonds. The number of aryl methyl sites for hydroxylation is 1. The van der Waals surface area contributed by atoms with Crippen LogP contribution in [-0.2, 0) is 6.42 Å². The van der Waals surface area contributed by atoms with Gasteiger partial charge in [0, 0.05) is 11.6 Å². The predicted octanol–water partition coefficient (Wildman–Crippen LogP) is 3.28. The summed E-state index contributed by atoms with van der Waals surface area (Å²) in [7, 11) is 2.00. The van der Waals surface area contributed by atoms with Crippen LogP contribution < -0.4 is 5.32 Å². The van der Waals surface area contributed by atoms with E-state index < -0.39 is 0 Å². The van der Waals surface area contributed by atoms with Crippen LogP contribution in [0.1, 0.15) is 31.9 Å². The average Bonchev–Trinajstić information content (AvgIpc) is 2.89. The Labute approximate surface area is 115 Å². The second kappa shape index (κ2) is 6.53. The number of rotatable bonds is 6. The first-order valence-electron chi connectivity index (χ1n) is 6.98. The molecule has 1 N–H and O–H groups in total. The van der Waals surface area contributed by atoms with Gasteiger partial charge in [-0.1, -0.05) is 18.2 Å². The number of hydrogen-bond acceptors (Lipinski definition) is 2. The molecule has 1 aromatic carbocycles. The fourth-order valence-corrected chi connectivity index (χ4v) is 2.30. The van der Waals surface area contributed by atoms with Crippen molar-refractivity contribution in [2.75, 3.05) is 13.6 Å². The molecular weight excluding hydrogens is 234 g/mol. The van der Waals surface area contributed by atoms with Crippen molar-refractivity contribution < 1.29 is 0 Å². The minimum Gasteiger partial charge on any atom is -0.328 e. The van der Waals surface area contributed by atoms with Crippen molar-refractivity contribution >= 4 is 0 Å².